The van der Waals surface area contributed by atoms with E-state index in [0.717, 1.165) is 23.8 Å². The summed E-state index contributed by atoms with van der Waals surface area (Å²) in [5.74, 6) is 0.686. The molecule has 0 aromatic carbocycles. The van der Waals surface area contributed by atoms with Crippen LogP contribution in [0.15, 0.2) is 0 Å². The first kappa shape index (κ1) is 13.6. The smallest absolute Gasteiger partial charge is 0.122 e. The van der Waals surface area contributed by atoms with Gasteiger partial charge in [0, 0.05) is 18.5 Å². The summed E-state index contributed by atoms with van der Waals surface area (Å²) in [6.07, 6.45) is 0.0996. The Kier molecular flexibility index (Phi) is 5.38. The van der Waals surface area contributed by atoms with E-state index in [-0.39, 0.29) is 6.10 Å². The lowest BCUT2D eigenvalue weighted by Crippen LogP contribution is -2.18. The predicted molar refractivity (Wildman–Crippen MR) is 68.8 cm³/mol. The Bertz CT molecular complexity index is 323. The zero-order chi connectivity index (χ0) is 12.1. The van der Waals surface area contributed by atoms with Crippen molar-refractivity contribution in [2.45, 2.75) is 40.3 Å². The first-order chi connectivity index (χ1) is 7.54. The summed E-state index contributed by atoms with van der Waals surface area (Å²) < 4.78 is 5.27. The lowest BCUT2D eigenvalue weighted by Gasteiger charge is -2.06. The van der Waals surface area contributed by atoms with Crippen LogP contribution in [0.5, 0.6) is 0 Å². The summed E-state index contributed by atoms with van der Waals surface area (Å²) in [4.78, 5) is 5.85. The Hall–Kier alpha value is -0.450. The lowest BCUT2D eigenvalue weighted by atomic mass is 10.2. The SMILES string of the molecule is COC(C)c1nc(C)c(CNCC(C)C)s1. The molecule has 0 saturated carbocycles. The van der Waals surface area contributed by atoms with Crippen molar-refractivity contribution in [2.24, 2.45) is 5.92 Å². The Labute approximate surface area is 102 Å². The van der Waals surface area contributed by atoms with Gasteiger partial charge in [-0.1, -0.05) is 13.8 Å². The molecule has 3 nitrogen and oxygen atoms in total. The summed E-state index contributed by atoms with van der Waals surface area (Å²) in [7, 11) is 1.72. The minimum atomic E-state index is 0.0996. The van der Waals surface area contributed by atoms with Crippen molar-refractivity contribution in [1.29, 1.82) is 0 Å². The maximum absolute atomic E-state index is 5.27. The highest BCUT2D eigenvalue weighted by molar-refractivity contribution is 7.11. The van der Waals surface area contributed by atoms with Crippen molar-refractivity contribution in [3.05, 3.63) is 15.6 Å². The minimum Gasteiger partial charge on any atom is -0.375 e. The Morgan fingerprint density at radius 1 is 1.38 bits per heavy atom. The highest BCUT2D eigenvalue weighted by atomic mass is 32.1. The summed E-state index contributed by atoms with van der Waals surface area (Å²) in [5, 5.41) is 4.51. The normalized spacial score (nSPS) is 13.4. The van der Waals surface area contributed by atoms with Crippen molar-refractivity contribution in [3.8, 4) is 0 Å². The van der Waals surface area contributed by atoms with Gasteiger partial charge in [-0.15, -0.1) is 11.3 Å². The fraction of sp³-hybridized carbons (Fsp3) is 0.750. The molecule has 1 rings (SSSR count). The molecule has 4 heteroatoms. The first-order valence-corrected chi connectivity index (χ1v) is 6.56. The second-order valence-electron chi connectivity index (χ2n) is 4.46. The average molecular weight is 242 g/mol. The molecule has 0 amide bonds. The van der Waals surface area contributed by atoms with E-state index >= 15 is 0 Å². The predicted octanol–water partition coefficient (Wildman–Crippen LogP) is 2.90. The van der Waals surface area contributed by atoms with E-state index in [1.54, 1.807) is 18.4 Å². The van der Waals surface area contributed by atoms with Gasteiger partial charge in [0.15, 0.2) is 0 Å². The molecule has 0 bridgehead atoms. The van der Waals surface area contributed by atoms with Crippen molar-refractivity contribution in [1.82, 2.24) is 10.3 Å². The van der Waals surface area contributed by atoms with Crippen molar-refractivity contribution >= 4 is 11.3 Å². The van der Waals surface area contributed by atoms with E-state index in [1.807, 2.05) is 6.92 Å². The maximum atomic E-state index is 5.27. The van der Waals surface area contributed by atoms with E-state index in [1.165, 1.54) is 4.88 Å². The number of hydrogen-bond acceptors (Lipinski definition) is 4. The molecule has 1 aromatic heterocycles. The van der Waals surface area contributed by atoms with E-state index in [4.69, 9.17) is 4.74 Å². The van der Waals surface area contributed by atoms with Crippen molar-refractivity contribution in [2.75, 3.05) is 13.7 Å². The quantitative estimate of drug-likeness (QED) is 0.833. The third kappa shape index (κ3) is 3.85. The molecule has 1 aromatic rings. The third-order valence-corrected chi connectivity index (χ3v) is 3.77. The van der Waals surface area contributed by atoms with Crippen LogP contribution >= 0.6 is 11.3 Å². The zero-order valence-electron chi connectivity index (χ0n) is 10.8. The van der Waals surface area contributed by atoms with Crippen molar-refractivity contribution in [3.63, 3.8) is 0 Å². The van der Waals surface area contributed by atoms with Crippen LogP contribution in [-0.4, -0.2) is 18.6 Å². The second kappa shape index (κ2) is 6.33. The largest absolute Gasteiger partial charge is 0.375 e. The number of rotatable bonds is 6. The highest BCUT2D eigenvalue weighted by Gasteiger charge is 2.12. The van der Waals surface area contributed by atoms with Gasteiger partial charge >= 0.3 is 0 Å². The molecular weight excluding hydrogens is 220 g/mol. The molecule has 0 aliphatic heterocycles. The standard InChI is InChI=1S/C12H22N2OS/c1-8(2)6-13-7-11-9(3)14-12(16-11)10(4)15-5/h8,10,13H,6-7H2,1-5H3. The average Bonchev–Trinajstić information content (AvgIpc) is 2.59. The van der Waals surface area contributed by atoms with Crippen LogP contribution in [0.1, 0.15) is 42.5 Å². The Balaban J connectivity index is 2.56. The number of aromatic nitrogens is 1. The topological polar surface area (TPSA) is 34.1 Å². The maximum Gasteiger partial charge on any atom is 0.122 e. The van der Waals surface area contributed by atoms with E-state index in [9.17, 15) is 0 Å². The molecule has 0 saturated heterocycles. The number of methoxy groups -OCH3 is 1. The molecule has 0 aliphatic carbocycles. The first-order valence-electron chi connectivity index (χ1n) is 5.74. The van der Waals surface area contributed by atoms with Crippen LogP contribution in [-0.2, 0) is 11.3 Å². The molecule has 0 aliphatic rings. The van der Waals surface area contributed by atoms with Gasteiger partial charge in [-0.25, -0.2) is 4.98 Å². The van der Waals surface area contributed by atoms with Gasteiger partial charge in [0.1, 0.15) is 11.1 Å². The molecule has 92 valence electrons. The van der Waals surface area contributed by atoms with Crippen LogP contribution in [0.4, 0.5) is 0 Å². The van der Waals surface area contributed by atoms with Crippen LogP contribution in [0, 0.1) is 12.8 Å². The molecule has 1 N–H and O–H groups in total. The zero-order valence-corrected chi connectivity index (χ0v) is 11.6. The van der Waals surface area contributed by atoms with Gasteiger partial charge in [-0.2, -0.15) is 0 Å². The van der Waals surface area contributed by atoms with Crippen LogP contribution < -0.4 is 5.32 Å². The molecular formula is C12H22N2OS. The Morgan fingerprint density at radius 2 is 2.06 bits per heavy atom. The summed E-state index contributed by atoms with van der Waals surface area (Å²) >= 11 is 1.75. The summed E-state index contributed by atoms with van der Waals surface area (Å²) in [5.41, 5.74) is 1.13. The number of nitrogens with zero attached hydrogens (tertiary/aromatic N) is 1. The van der Waals surface area contributed by atoms with Gasteiger partial charge in [0.25, 0.3) is 0 Å². The molecule has 0 spiro atoms. The van der Waals surface area contributed by atoms with Crippen LogP contribution in [0.3, 0.4) is 0 Å². The van der Waals surface area contributed by atoms with Crippen LogP contribution in [0.25, 0.3) is 0 Å². The number of aryl methyl sites for hydroxylation is 1. The van der Waals surface area contributed by atoms with Gasteiger partial charge in [0.05, 0.1) is 5.69 Å². The lowest BCUT2D eigenvalue weighted by molar-refractivity contribution is 0.119. The number of nitrogens with one attached hydrogen (secondary N) is 1. The van der Waals surface area contributed by atoms with Crippen LogP contribution in [0.2, 0.25) is 0 Å². The Morgan fingerprint density at radius 3 is 2.62 bits per heavy atom. The number of thiazole rings is 1. The van der Waals surface area contributed by atoms with Gasteiger partial charge < -0.3 is 10.1 Å². The monoisotopic (exact) mass is 242 g/mol. The van der Waals surface area contributed by atoms with Gasteiger partial charge in [-0.05, 0) is 26.3 Å². The number of ether oxygens (including phenoxy) is 1. The molecule has 1 heterocycles. The fourth-order valence-corrected chi connectivity index (χ4v) is 2.43. The van der Waals surface area contributed by atoms with Gasteiger partial charge in [-0.3, -0.25) is 0 Å². The molecule has 0 fully saturated rings. The van der Waals surface area contributed by atoms with E-state index in [2.05, 4.69) is 31.1 Å². The number of hydrogen-bond donors (Lipinski definition) is 1. The summed E-state index contributed by atoms with van der Waals surface area (Å²) in [6, 6.07) is 0. The molecule has 0 radical (unpaired) electrons. The molecule has 16 heavy (non-hydrogen) atoms. The molecule has 1 unspecified atom stereocenters. The van der Waals surface area contributed by atoms with Crippen molar-refractivity contribution < 1.29 is 4.74 Å². The van der Waals surface area contributed by atoms with Gasteiger partial charge in [0.2, 0.25) is 0 Å². The van der Waals surface area contributed by atoms with E-state index in [0.29, 0.717) is 5.92 Å². The highest BCUT2D eigenvalue weighted by Crippen LogP contribution is 2.25. The minimum absolute atomic E-state index is 0.0996. The van der Waals surface area contributed by atoms with E-state index < -0.39 is 0 Å². The third-order valence-electron chi connectivity index (χ3n) is 2.45. The fourth-order valence-electron chi connectivity index (χ4n) is 1.36. The summed E-state index contributed by atoms with van der Waals surface area (Å²) in [6.45, 7) is 10.5. The second-order valence-corrected chi connectivity index (χ2v) is 5.58. The molecule has 1 atom stereocenters.